The Bertz CT molecular complexity index is 1460. The van der Waals surface area contributed by atoms with Crippen LogP contribution in [-0.4, -0.2) is 24.5 Å². The third-order valence-corrected chi connectivity index (χ3v) is 5.37. The molecule has 0 radical (unpaired) electrons. The molecule has 5 nitrogen and oxygen atoms in total. The minimum atomic E-state index is -4.53. The molecule has 1 unspecified atom stereocenters. The first-order valence-electron chi connectivity index (χ1n) is 9.73. The van der Waals surface area contributed by atoms with Crippen molar-refractivity contribution in [3.05, 3.63) is 84.2 Å². The van der Waals surface area contributed by atoms with E-state index in [0.717, 1.165) is 6.07 Å². The molecule has 0 spiro atoms. The smallest absolute Gasteiger partial charge is 0.307 e. The predicted molar refractivity (Wildman–Crippen MR) is 111 cm³/mol. The minimum absolute atomic E-state index is 0.0716. The summed E-state index contributed by atoms with van der Waals surface area (Å²) in [6.45, 7) is 1.83. The third kappa shape index (κ3) is 3.35. The molecule has 0 aliphatic rings. The molecule has 3 heterocycles. The lowest BCUT2D eigenvalue weighted by molar-refractivity contribution is -0.137. The Kier molecular flexibility index (Phi) is 4.61. The normalized spacial score (nSPS) is 13.0. The fourth-order valence-electron chi connectivity index (χ4n) is 3.75. The Morgan fingerprint density at radius 2 is 1.78 bits per heavy atom. The van der Waals surface area contributed by atoms with E-state index in [9.17, 15) is 17.6 Å². The first kappa shape index (κ1) is 20.0. The number of aromatic nitrogens is 5. The molecule has 2 aromatic carbocycles. The maximum Gasteiger partial charge on any atom is 0.417 e. The number of nitrogens with zero attached hydrogens (tertiary/aromatic N) is 5. The van der Waals surface area contributed by atoms with Crippen LogP contribution in [0.15, 0.2) is 67.3 Å². The van der Waals surface area contributed by atoms with Gasteiger partial charge in [0.1, 0.15) is 11.3 Å². The summed E-state index contributed by atoms with van der Waals surface area (Å²) in [6, 6.07) is 11.5. The SMILES string of the molecule is CC(c1cc(F)c2ncccc2c1)n1cnc2ncc(-c3ccccc3C(F)(F)F)nc21. The topological polar surface area (TPSA) is 56.5 Å². The molecule has 0 fully saturated rings. The second-order valence-electron chi connectivity index (χ2n) is 7.35. The minimum Gasteiger partial charge on any atom is -0.307 e. The lowest BCUT2D eigenvalue weighted by atomic mass is 10.0. The van der Waals surface area contributed by atoms with Crippen LogP contribution in [0.4, 0.5) is 17.6 Å². The highest BCUT2D eigenvalue weighted by atomic mass is 19.4. The highest BCUT2D eigenvalue weighted by Gasteiger charge is 2.34. The van der Waals surface area contributed by atoms with E-state index in [4.69, 9.17) is 0 Å². The van der Waals surface area contributed by atoms with Crippen LogP contribution in [0.25, 0.3) is 33.5 Å². The molecule has 5 rings (SSSR count). The quantitative estimate of drug-likeness (QED) is 0.334. The summed E-state index contributed by atoms with van der Waals surface area (Å²) in [5.41, 5.74) is 0.712. The van der Waals surface area contributed by atoms with Crippen molar-refractivity contribution >= 4 is 22.2 Å². The first-order valence-corrected chi connectivity index (χ1v) is 9.73. The molecule has 0 aliphatic carbocycles. The van der Waals surface area contributed by atoms with Crippen LogP contribution >= 0.6 is 0 Å². The van der Waals surface area contributed by atoms with Crippen molar-refractivity contribution in [2.45, 2.75) is 19.1 Å². The van der Waals surface area contributed by atoms with Crippen molar-refractivity contribution in [1.82, 2.24) is 24.5 Å². The van der Waals surface area contributed by atoms with E-state index in [1.54, 1.807) is 16.7 Å². The van der Waals surface area contributed by atoms with Crippen molar-refractivity contribution in [1.29, 1.82) is 0 Å². The number of benzene rings is 2. The van der Waals surface area contributed by atoms with Gasteiger partial charge in [-0.25, -0.2) is 19.3 Å². The second kappa shape index (κ2) is 7.37. The van der Waals surface area contributed by atoms with E-state index < -0.39 is 23.6 Å². The number of pyridine rings is 1. The molecule has 160 valence electrons. The fraction of sp³-hybridized carbons (Fsp3) is 0.130. The molecular weight excluding hydrogens is 422 g/mol. The largest absolute Gasteiger partial charge is 0.417 e. The lowest BCUT2D eigenvalue weighted by Crippen LogP contribution is -2.09. The van der Waals surface area contributed by atoms with Gasteiger partial charge in [0.2, 0.25) is 0 Å². The van der Waals surface area contributed by atoms with Crippen LogP contribution in [0.2, 0.25) is 0 Å². The second-order valence-corrected chi connectivity index (χ2v) is 7.35. The molecule has 0 saturated heterocycles. The summed E-state index contributed by atoms with van der Waals surface area (Å²) in [7, 11) is 0. The Hall–Kier alpha value is -3.88. The Labute approximate surface area is 179 Å². The van der Waals surface area contributed by atoms with E-state index in [-0.39, 0.29) is 22.4 Å². The Morgan fingerprint density at radius 3 is 2.59 bits per heavy atom. The average Bonchev–Trinajstić information content (AvgIpc) is 3.21. The molecule has 9 heteroatoms. The maximum absolute atomic E-state index is 14.6. The van der Waals surface area contributed by atoms with Gasteiger partial charge < -0.3 is 4.57 Å². The summed E-state index contributed by atoms with van der Waals surface area (Å²) in [4.78, 5) is 16.9. The van der Waals surface area contributed by atoms with Gasteiger partial charge in [0, 0.05) is 17.1 Å². The van der Waals surface area contributed by atoms with E-state index >= 15 is 0 Å². The van der Waals surface area contributed by atoms with Crippen molar-refractivity contribution in [3.8, 4) is 11.3 Å². The molecule has 0 N–H and O–H groups in total. The highest BCUT2D eigenvalue weighted by Crippen LogP contribution is 2.36. The molecule has 5 aromatic rings. The van der Waals surface area contributed by atoms with Gasteiger partial charge in [-0.2, -0.15) is 13.2 Å². The van der Waals surface area contributed by atoms with Gasteiger partial charge in [-0.15, -0.1) is 0 Å². The summed E-state index contributed by atoms with van der Waals surface area (Å²) in [6.07, 6.45) is -0.235. The number of halogens is 4. The molecule has 0 aliphatic heterocycles. The van der Waals surface area contributed by atoms with Gasteiger partial charge >= 0.3 is 6.18 Å². The van der Waals surface area contributed by atoms with Gasteiger partial charge in [-0.3, -0.25) is 4.98 Å². The molecule has 3 aromatic heterocycles. The van der Waals surface area contributed by atoms with Gasteiger partial charge in [0.05, 0.1) is 29.8 Å². The van der Waals surface area contributed by atoms with Gasteiger partial charge in [0.15, 0.2) is 11.3 Å². The average molecular weight is 437 g/mol. The Morgan fingerprint density at radius 1 is 0.969 bits per heavy atom. The summed E-state index contributed by atoms with van der Waals surface area (Å²) in [5, 5.41) is 0.643. The number of hydrogen-bond acceptors (Lipinski definition) is 4. The number of rotatable bonds is 3. The van der Waals surface area contributed by atoms with Crippen molar-refractivity contribution in [2.75, 3.05) is 0 Å². The summed E-state index contributed by atoms with van der Waals surface area (Å²) in [5.74, 6) is -0.458. The van der Waals surface area contributed by atoms with Crippen molar-refractivity contribution < 1.29 is 17.6 Å². The van der Waals surface area contributed by atoms with Crippen LogP contribution < -0.4 is 0 Å². The number of imidazole rings is 1. The van der Waals surface area contributed by atoms with Gasteiger partial charge in [-0.1, -0.05) is 24.3 Å². The number of hydrogen-bond donors (Lipinski definition) is 0. The summed E-state index contributed by atoms with van der Waals surface area (Å²) < 4.78 is 56.7. The molecule has 0 saturated carbocycles. The van der Waals surface area contributed by atoms with Gasteiger partial charge in [-0.05, 0) is 36.8 Å². The monoisotopic (exact) mass is 437 g/mol. The molecule has 32 heavy (non-hydrogen) atoms. The van der Waals surface area contributed by atoms with Crippen molar-refractivity contribution in [2.24, 2.45) is 0 Å². The van der Waals surface area contributed by atoms with Crippen LogP contribution in [0.3, 0.4) is 0 Å². The maximum atomic E-state index is 14.6. The molecule has 1 atom stereocenters. The zero-order valence-corrected chi connectivity index (χ0v) is 16.7. The van der Waals surface area contributed by atoms with E-state index in [2.05, 4.69) is 19.9 Å². The number of fused-ring (bicyclic) bond motifs is 2. The zero-order chi connectivity index (χ0) is 22.5. The van der Waals surface area contributed by atoms with E-state index in [1.807, 2.05) is 13.0 Å². The van der Waals surface area contributed by atoms with Crippen LogP contribution in [0, 0.1) is 5.82 Å². The van der Waals surface area contributed by atoms with Crippen LogP contribution in [0.1, 0.15) is 24.1 Å². The summed E-state index contributed by atoms with van der Waals surface area (Å²) >= 11 is 0. The van der Waals surface area contributed by atoms with Crippen LogP contribution in [0.5, 0.6) is 0 Å². The highest BCUT2D eigenvalue weighted by molar-refractivity contribution is 5.80. The standard InChI is InChI=1S/C23H15F4N5/c1-13(15-9-14-5-4-8-28-20(14)18(24)10-15)32-12-30-21-22(32)31-19(11-29-21)16-6-2-3-7-17(16)23(25,26)27/h2-13H,1H3. The predicted octanol–water partition coefficient (Wildman–Crippen LogP) is 5.81. The first-order chi connectivity index (χ1) is 15.3. The van der Waals surface area contributed by atoms with Crippen LogP contribution in [-0.2, 0) is 6.18 Å². The molecule has 0 bridgehead atoms. The Balaban J connectivity index is 1.63. The van der Waals surface area contributed by atoms with Gasteiger partial charge in [0.25, 0.3) is 0 Å². The third-order valence-electron chi connectivity index (χ3n) is 5.37. The fourth-order valence-corrected chi connectivity index (χ4v) is 3.75. The zero-order valence-electron chi connectivity index (χ0n) is 16.7. The number of alkyl halides is 3. The van der Waals surface area contributed by atoms with E-state index in [0.29, 0.717) is 16.6 Å². The molecular formula is C23H15F4N5. The lowest BCUT2D eigenvalue weighted by Gasteiger charge is -2.16. The van der Waals surface area contributed by atoms with E-state index in [1.165, 1.54) is 43.0 Å². The molecule has 0 amide bonds. The van der Waals surface area contributed by atoms with Crippen molar-refractivity contribution in [3.63, 3.8) is 0 Å².